The van der Waals surface area contributed by atoms with E-state index in [1.54, 1.807) is 6.26 Å². The maximum atomic E-state index is 5.55. The van der Waals surface area contributed by atoms with E-state index >= 15 is 0 Å². The average molecular weight is 209 g/mol. The van der Waals surface area contributed by atoms with Crippen LogP contribution in [0.2, 0.25) is 0 Å². The van der Waals surface area contributed by atoms with Crippen LogP contribution in [-0.4, -0.2) is 25.8 Å². The Labute approximate surface area is 90.8 Å². The van der Waals surface area contributed by atoms with Gasteiger partial charge in [-0.05, 0) is 37.9 Å². The Morgan fingerprint density at radius 3 is 3.13 bits per heavy atom. The molecule has 0 aliphatic carbocycles. The molecule has 0 amide bonds. The van der Waals surface area contributed by atoms with E-state index < -0.39 is 0 Å². The number of nitrogens with one attached hydrogen (secondary N) is 1. The Morgan fingerprint density at radius 1 is 1.40 bits per heavy atom. The van der Waals surface area contributed by atoms with Gasteiger partial charge < -0.3 is 14.5 Å². The summed E-state index contributed by atoms with van der Waals surface area (Å²) in [6.45, 7) is 2.99. The summed E-state index contributed by atoms with van der Waals surface area (Å²) in [5, 5.41) is 3.41. The van der Waals surface area contributed by atoms with Crippen molar-refractivity contribution in [3.63, 3.8) is 0 Å². The van der Waals surface area contributed by atoms with Gasteiger partial charge in [0.1, 0.15) is 5.76 Å². The minimum Gasteiger partial charge on any atom is -0.469 e. The highest BCUT2D eigenvalue weighted by Crippen LogP contribution is 2.14. The molecule has 1 aromatic heterocycles. The topological polar surface area (TPSA) is 34.4 Å². The summed E-state index contributed by atoms with van der Waals surface area (Å²) in [6.07, 6.45) is 6.80. The minimum absolute atomic E-state index is 0.501. The molecule has 84 valence electrons. The molecule has 2 heterocycles. The van der Waals surface area contributed by atoms with Crippen molar-refractivity contribution in [1.82, 2.24) is 5.32 Å². The Balaban J connectivity index is 1.48. The summed E-state index contributed by atoms with van der Waals surface area (Å²) in [6, 6.07) is 3.95. The summed E-state index contributed by atoms with van der Waals surface area (Å²) >= 11 is 0. The molecule has 3 nitrogen and oxygen atoms in total. The van der Waals surface area contributed by atoms with Crippen molar-refractivity contribution >= 4 is 0 Å². The van der Waals surface area contributed by atoms with E-state index in [0.29, 0.717) is 6.10 Å². The molecule has 0 radical (unpaired) electrons. The maximum absolute atomic E-state index is 5.55. The van der Waals surface area contributed by atoms with Gasteiger partial charge in [0, 0.05) is 19.6 Å². The standard InChI is InChI=1S/C12H19NO2/c1-3-11(14-9-1)5-7-13-8-6-12-4-2-10-15-12/h1,3,9,12-13H,2,4-8,10H2. The van der Waals surface area contributed by atoms with Crippen molar-refractivity contribution in [2.75, 3.05) is 19.7 Å². The summed E-state index contributed by atoms with van der Waals surface area (Å²) in [5.74, 6) is 1.06. The monoisotopic (exact) mass is 209 g/mol. The molecule has 0 spiro atoms. The van der Waals surface area contributed by atoms with Gasteiger partial charge in [-0.1, -0.05) is 0 Å². The van der Waals surface area contributed by atoms with Crippen LogP contribution in [0.5, 0.6) is 0 Å². The molecule has 2 rings (SSSR count). The first-order chi connectivity index (χ1) is 7.45. The van der Waals surface area contributed by atoms with Gasteiger partial charge in [-0.15, -0.1) is 0 Å². The normalized spacial score (nSPS) is 20.9. The molecule has 1 aliphatic heterocycles. The Hall–Kier alpha value is -0.800. The van der Waals surface area contributed by atoms with Crippen LogP contribution >= 0.6 is 0 Å². The smallest absolute Gasteiger partial charge is 0.105 e. The van der Waals surface area contributed by atoms with E-state index in [4.69, 9.17) is 9.15 Å². The number of ether oxygens (including phenoxy) is 1. The van der Waals surface area contributed by atoms with Crippen molar-refractivity contribution in [3.8, 4) is 0 Å². The Morgan fingerprint density at radius 2 is 2.40 bits per heavy atom. The van der Waals surface area contributed by atoms with Gasteiger partial charge in [-0.25, -0.2) is 0 Å². The predicted octanol–water partition coefficient (Wildman–Crippen LogP) is 1.98. The second-order valence-electron chi connectivity index (χ2n) is 4.00. The van der Waals surface area contributed by atoms with Gasteiger partial charge in [0.05, 0.1) is 12.4 Å². The van der Waals surface area contributed by atoms with Crippen LogP contribution in [0.3, 0.4) is 0 Å². The molecule has 1 aliphatic rings. The van der Waals surface area contributed by atoms with Crippen molar-refractivity contribution in [2.24, 2.45) is 0 Å². The molecular weight excluding hydrogens is 190 g/mol. The largest absolute Gasteiger partial charge is 0.469 e. The zero-order chi connectivity index (χ0) is 10.3. The van der Waals surface area contributed by atoms with Crippen LogP contribution in [0.1, 0.15) is 25.0 Å². The molecule has 1 atom stereocenters. The molecule has 0 aromatic carbocycles. The highest BCUT2D eigenvalue weighted by molar-refractivity contribution is 4.98. The average Bonchev–Trinajstić information content (AvgIpc) is 2.88. The van der Waals surface area contributed by atoms with Gasteiger partial charge in [0.2, 0.25) is 0 Å². The zero-order valence-electron chi connectivity index (χ0n) is 9.08. The fourth-order valence-corrected chi connectivity index (χ4v) is 1.93. The van der Waals surface area contributed by atoms with Gasteiger partial charge in [0.25, 0.3) is 0 Å². The molecule has 1 fully saturated rings. The fourth-order valence-electron chi connectivity index (χ4n) is 1.93. The lowest BCUT2D eigenvalue weighted by molar-refractivity contribution is 0.104. The van der Waals surface area contributed by atoms with E-state index in [1.807, 2.05) is 12.1 Å². The second-order valence-corrected chi connectivity index (χ2v) is 4.00. The van der Waals surface area contributed by atoms with Gasteiger partial charge in [-0.3, -0.25) is 0 Å². The second kappa shape index (κ2) is 5.93. The molecule has 0 bridgehead atoms. The number of hydrogen-bond acceptors (Lipinski definition) is 3. The maximum Gasteiger partial charge on any atom is 0.105 e. The van der Waals surface area contributed by atoms with Crippen LogP contribution in [-0.2, 0) is 11.2 Å². The molecular formula is C12H19NO2. The van der Waals surface area contributed by atoms with E-state index in [9.17, 15) is 0 Å². The summed E-state index contributed by atoms with van der Waals surface area (Å²) in [7, 11) is 0. The van der Waals surface area contributed by atoms with Gasteiger partial charge >= 0.3 is 0 Å². The molecule has 1 unspecified atom stereocenters. The third-order valence-corrected chi connectivity index (χ3v) is 2.80. The molecule has 1 saturated heterocycles. The lowest BCUT2D eigenvalue weighted by Gasteiger charge is -2.09. The van der Waals surface area contributed by atoms with Crippen LogP contribution in [0.15, 0.2) is 22.8 Å². The third-order valence-electron chi connectivity index (χ3n) is 2.80. The van der Waals surface area contributed by atoms with Crippen molar-refractivity contribution in [2.45, 2.75) is 31.8 Å². The van der Waals surface area contributed by atoms with Gasteiger partial charge in [-0.2, -0.15) is 0 Å². The van der Waals surface area contributed by atoms with Crippen LogP contribution in [0.25, 0.3) is 0 Å². The molecule has 1 aromatic rings. The van der Waals surface area contributed by atoms with Crippen molar-refractivity contribution < 1.29 is 9.15 Å². The van der Waals surface area contributed by atoms with Crippen LogP contribution in [0, 0.1) is 0 Å². The SMILES string of the molecule is c1coc(CCNCCC2CCCO2)c1. The first-order valence-electron chi connectivity index (χ1n) is 5.80. The van der Waals surface area contributed by atoms with Gasteiger partial charge in [0.15, 0.2) is 0 Å². The van der Waals surface area contributed by atoms with Crippen LogP contribution < -0.4 is 5.32 Å². The first-order valence-corrected chi connectivity index (χ1v) is 5.80. The fraction of sp³-hybridized carbons (Fsp3) is 0.667. The molecule has 0 saturated carbocycles. The zero-order valence-corrected chi connectivity index (χ0v) is 9.08. The highest BCUT2D eigenvalue weighted by Gasteiger charge is 2.14. The quantitative estimate of drug-likeness (QED) is 0.727. The van der Waals surface area contributed by atoms with E-state index in [2.05, 4.69) is 5.32 Å². The molecule has 3 heteroatoms. The Kier molecular flexibility index (Phi) is 4.23. The van der Waals surface area contributed by atoms with Crippen LogP contribution in [0.4, 0.5) is 0 Å². The van der Waals surface area contributed by atoms with Crippen molar-refractivity contribution in [3.05, 3.63) is 24.2 Å². The lowest BCUT2D eigenvalue weighted by atomic mass is 10.2. The summed E-state index contributed by atoms with van der Waals surface area (Å²) in [4.78, 5) is 0. The Bertz CT molecular complexity index is 253. The lowest BCUT2D eigenvalue weighted by Crippen LogP contribution is -2.22. The summed E-state index contributed by atoms with van der Waals surface area (Å²) < 4.78 is 10.8. The number of rotatable bonds is 6. The number of hydrogen-bond donors (Lipinski definition) is 1. The highest BCUT2D eigenvalue weighted by atomic mass is 16.5. The van der Waals surface area contributed by atoms with E-state index in [-0.39, 0.29) is 0 Å². The molecule has 15 heavy (non-hydrogen) atoms. The van der Waals surface area contributed by atoms with E-state index in [0.717, 1.165) is 38.3 Å². The number of furan rings is 1. The minimum atomic E-state index is 0.501. The van der Waals surface area contributed by atoms with Crippen molar-refractivity contribution in [1.29, 1.82) is 0 Å². The molecule has 1 N–H and O–H groups in total. The summed E-state index contributed by atoms with van der Waals surface area (Å²) in [5.41, 5.74) is 0. The van der Waals surface area contributed by atoms with E-state index in [1.165, 1.54) is 12.8 Å². The predicted molar refractivity (Wildman–Crippen MR) is 58.9 cm³/mol. The third kappa shape index (κ3) is 3.68. The first kappa shape index (κ1) is 10.7.